The van der Waals surface area contributed by atoms with Crippen LogP contribution < -0.4 is 24.3 Å². The number of hydrogen-bond acceptors (Lipinski definition) is 5. The average Bonchev–Trinajstić information content (AvgIpc) is 2.67. The number of fused-ring (bicyclic) bond motifs is 1. The Morgan fingerprint density at radius 1 is 1.04 bits per heavy atom. The molecule has 0 saturated heterocycles. The summed E-state index contributed by atoms with van der Waals surface area (Å²) in [4.78, 5) is 12.4. The van der Waals surface area contributed by atoms with Gasteiger partial charge in [0.2, 0.25) is 5.91 Å². The Hall–Kier alpha value is -2.89. The van der Waals surface area contributed by atoms with Gasteiger partial charge < -0.3 is 24.3 Å². The summed E-state index contributed by atoms with van der Waals surface area (Å²) in [5.74, 6) is 2.64. The van der Waals surface area contributed by atoms with Gasteiger partial charge in [0.15, 0.2) is 23.0 Å². The molecule has 6 nitrogen and oxygen atoms in total. The summed E-state index contributed by atoms with van der Waals surface area (Å²) in [6.45, 7) is 3.01. The molecule has 0 aromatic heterocycles. The van der Waals surface area contributed by atoms with Crippen LogP contribution in [-0.4, -0.2) is 33.3 Å². The number of carbonyl (C=O) groups is 1. The molecule has 0 spiro atoms. The number of ether oxygens (including phenoxy) is 4. The van der Waals surface area contributed by atoms with Crippen molar-refractivity contribution < 1.29 is 23.7 Å². The third-order valence-electron chi connectivity index (χ3n) is 4.26. The molecule has 1 N–H and O–H groups in total. The quantitative estimate of drug-likeness (QED) is 0.861. The van der Waals surface area contributed by atoms with Crippen LogP contribution in [-0.2, 0) is 11.2 Å². The van der Waals surface area contributed by atoms with Gasteiger partial charge in [0.1, 0.15) is 13.2 Å². The Labute approximate surface area is 153 Å². The van der Waals surface area contributed by atoms with Crippen LogP contribution in [0.5, 0.6) is 23.0 Å². The van der Waals surface area contributed by atoms with E-state index in [1.807, 2.05) is 43.3 Å². The standard InChI is InChI=1S/C20H23NO5/c1-13(15-5-7-16(23-2)18(12-15)24-3)21-20(22)11-14-4-6-17-19(10-14)26-9-8-25-17/h4-7,10,12-13H,8-9,11H2,1-3H3,(H,21,22)/t13-/m1/s1. The predicted octanol–water partition coefficient (Wildman–Crippen LogP) is 2.89. The molecule has 0 radical (unpaired) electrons. The molecule has 2 aromatic rings. The molecule has 1 aliphatic heterocycles. The van der Waals surface area contributed by atoms with Crippen molar-refractivity contribution in [1.82, 2.24) is 5.32 Å². The number of rotatable bonds is 6. The molecule has 0 saturated carbocycles. The molecule has 0 bridgehead atoms. The van der Waals surface area contributed by atoms with Gasteiger partial charge in [-0.3, -0.25) is 4.79 Å². The van der Waals surface area contributed by atoms with Crippen molar-refractivity contribution in [1.29, 1.82) is 0 Å². The molecule has 6 heteroatoms. The molecular weight excluding hydrogens is 334 g/mol. The summed E-state index contributed by atoms with van der Waals surface area (Å²) < 4.78 is 21.6. The minimum Gasteiger partial charge on any atom is -0.493 e. The number of amides is 1. The van der Waals surface area contributed by atoms with Crippen LogP contribution in [0.1, 0.15) is 24.1 Å². The molecular formula is C20H23NO5. The van der Waals surface area contributed by atoms with Crippen LogP contribution in [0.2, 0.25) is 0 Å². The largest absolute Gasteiger partial charge is 0.493 e. The monoisotopic (exact) mass is 357 g/mol. The van der Waals surface area contributed by atoms with Gasteiger partial charge in [-0.15, -0.1) is 0 Å². The molecule has 0 aliphatic carbocycles. The summed E-state index contributed by atoms with van der Waals surface area (Å²) in [5, 5.41) is 3.01. The summed E-state index contributed by atoms with van der Waals surface area (Å²) in [6.07, 6.45) is 0.272. The second-order valence-electron chi connectivity index (χ2n) is 6.06. The molecule has 138 valence electrons. The number of carbonyl (C=O) groups excluding carboxylic acids is 1. The Morgan fingerprint density at radius 3 is 2.50 bits per heavy atom. The second kappa shape index (κ2) is 7.99. The molecule has 3 rings (SSSR count). The van der Waals surface area contributed by atoms with E-state index in [1.54, 1.807) is 14.2 Å². The maximum Gasteiger partial charge on any atom is 0.224 e. The highest BCUT2D eigenvalue weighted by atomic mass is 16.6. The summed E-state index contributed by atoms with van der Waals surface area (Å²) >= 11 is 0. The normalized spacial score (nSPS) is 13.7. The van der Waals surface area contributed by atoms with E-state index < -0.39 is 0 Å². The minimum absolute atomic E-state index is 0.0658. The van der Waals surface area contributed by atoms with E-state index in [9.17, 15) is 4.79 Å². The van der Waals surface area contributed by atoms with E-state index in [0.717, 1.165) is 16.9 Å². The summed E-state index contributed by atoms with van der Waals surface area (Å²) in [7, 11) is 3.18. The van der Waals surface area contributed by atoms with Crippen molar-refractivity contribution in [3.05, 3.63) is 47.5 Å². The molecule has 1 heterocycles. The molecule has 1 atom stereocenters. The van der Waals surface area contributed by atoms with Crippen molar-refractivity contribution in [3.63, 3.8) is 0 Å². The van der Waals surface area contributed by atoms with Crippen LogP contribution in [0.4, 0.5) is 0 Å². The van der Waals surface area contributed by atoms with Crippen LogP contribution in [0, 0.1) is 0 Å². The Kier molecular flexibility index (Phi) is 5.51. The van der Waals surface area contributed by atoms with Crippen molar-refractivity contribution in [2.24, 2.45) is 0 Å². The van der Waals surface area contributed by atoms with Gasteiger partial charge in [-0.05, 0) is 42.3 Å². The third-order valence-corrected chi connectivity index (χ3v) is 4.26. The lowest BCUT2D eigenvalue weighted by atomic mass is 10.1. The van der Waals surface area contributed by atoms with Crippen molar-refractivity contribution in [2.75, 3.05) is 27.4 Å². The zero-order valence-corrected chi connectivity index (χ0v) is 15.2. The van der Waals surface area contributed by atoms with Gasteiger partial charge in [0.25, 0.3) is 0 Å². The predicted molar refractivity (Wildman–Crippen MR) is 97.2 cm³/mol. The number of benzene rings is 2. The average molecular weight is 357 g/mol. The van der Waals surface area contributed by atoms with Gasteiger partial charge in [0.05, 0.1) is 26.7 Å². The lowest BCUT2D eigenvalue weighted by Gasteiger charge is -2.19. The second-order valence-corrected chi connectivity index (χ2v) is 6.06. The van der Waals surface area contributed by atoms with Gasteiger partial charge >= 0.3 is 0 Å². The van der Waals surface area contributed by atoms with E-state index in [1.165, 1.54) is 0 Å². The van der Waals surface area contributed by atoms with Gasteiger partial charge in [-0.2, -0.15) is 0 Å². The van der Waals surface area contributed by atoms with Crippen molar-refractivity contribution in [3.8, 4) is 23.0 Å². The maximum absolute atomic E-state index is 12.4. The minimum atomic E-state index is -0.153. The SMILES string of the molecule is COc1ccc([C@@H](C)NC(=O)Cc2ccc3c(c2)OCCO3)cc1OC. The first-order valence-electron chi connectivity index (χ1n) is 8.50. The van der Waals surface area contributed by atoms with E-state index in [2.05, 4.69) is 5.32 Å². The Bertz CT molecular complexity index is 790. The van der Waals surface area contributed by atoms with Gasteiger partial charge in [0, 0.05) is 0 Å². The first kappa shape index (κ1) is 17.9. The Balaban J connectivity index is 1.64. The van der Waals surface area contributed by atoms with Crippen LogP contribution in [0.25, 0.3) is 0 Å². The summed E-state index contributed by atoms with van der Waals surface area (Å²) in [6, 6.07) is 11.0. The number of methoxy groups -OCH3 is 2. The highest BCUT2D eigenvalue weighted by Gasteiger charge is 2.15. The lowest BCUT2D eigenvalue weighted by molar-refractivity contribution is -0.121. The van der Waals surface area contributed by atoms with Gasteiger partial charge in [-0.25, -0.2) is 0 Å². The fourth-order valence-corrected chi connectivity index (χ4v) is 2.88. The van der Waals surface area contributed by atoms with Gasteiger partial charge in [-0.1, -0.05) is 12.1 Å². The van der Waals surface area contributed by atoms with E-state index in [-0.39, 0.29) is 18.4 Å². The molecule has 1 amide bonds. The number of nitrogens with one attached hydrogen (secondary N) is 1. The Morgan fingerprint density at radius 2 is 1.77 bits per heavy atom. The van der Waals surface area contributed by atoms with Crippen molar-refractivity contribution >= 4 is 5.91 Å². The summed E-state index contributed by atoms with van der Waals surface area (Å²) in [5.41, 5.74) is 1.82. The molecule has 2 aromatic carbocycles. The zero-order chi connectivity index (χ0) is 18.5. The molecule has 26 heavy (non-hydrogen) atoms. The molecule has 0 unspecified atom stereocenters. The van der Waals surface area contributed by atoms with E-state index in [0.29, 0.717) is 30.5 Å². The third kappa shape index (κ3) is 4.02. The van der Waals surface area contributed by atoms with E-state index >= 15 is 0 Å². The molecule has 0 fully saturated rings. The maximum atomic E-state index is 12.4. The van der Waals surface area contributed by atoms with E-state index in [4.69, 9.17) is 18.9 Å². The topological polar surface area (TPSA) is 66.0 Å². The zero-order valence-electron chi connectivity index (χ0n) is 15.2. The van der Waals surface area contributed by atoms with Crippen LogP contribution in [0.15, 0.2) is 36.4 Å². The number of hydrogen-bond donors (Lipinski definition) is 1. The first-order chi connectivity index (χ1) is 12.6. The fourth-order valence-electron chi connectivity index (χ4n) is 2.88. The first-order valence-corrected chi connectivity index (χ1v) is 8.50. The van der Waals surface area contributed by atoms with Crippen molar-refractivity contribution in [2.45, 2.75) is 19.4 Å². The van der Waals surface area contributed by atoms with Crippen LogP contribution in [0.3, 0.4) is 0 Å². The molecule has 1 aliphatic rings. The fraction of sp³-hybridized carbons (Fsp3) is 0.350. The van der Waals surface area contributed by atoms with Crippen LogP contribution >= 0.6 is 0 Å². The highest BCUT2D eigenvalue weighted by molar-refractivity contribution is 5.79. The smallest absolute Gasteiger partial charge is 0.224 e. The highest BCUT2D eigenvalue weighted by Crippen LogP contribution is 2.31. The lowest BCUT2D eigenvalue weighted by Crippen LogP contribution is -2.28.